The van der Waals surface area contributed by atoms with Crippen LogP contribution < -0.4 is 5.11 Å². The Labute approximate surface area is 85.3 Å². The van der Waals surface area contributed by atoms with Crippen LogP contribution >= 0.6 is 0 Å². The molecule has 0 saturated heterocycles. The van der Waals surface area contributed by atoms with Gasteiger partial charge in [0.2, 0.25) is 0 Å². The molecule has 0 aromatic rings. The fourth-order valence-electron chi connectivity index (χ4n) is 0.204. The van der Waals surface area contributed by atoms with Crippen molar-refractivity contribution in [2.45, 2.75) is 27.2 Å². The molecule has 5 nitrogen and oxygen atoms in total. The summed E-state index contributed by atoms with van der Waals surface area (Å²) in [5.74, 6) is -0.995. The Morgan fingerprint density at radius 1 is 1.14 bits per heavy atom. The molecule has 2 N–H and O–H groups in total. The van der Waals surface area contributed by atoms with E-state index in [4.69, 9.17) is 14.9 Å². The summed E-state index contributed by atoms with van der Waals surface area (Å²) in [6.07, 6.45) is 0.111. The first-order chi connectivity index (χ1) is 6.60. The van der Waals surface area contributed by atoms with Gasteiger partial charge in [-0.15, -0.1) is 0 Å². The van der Waals surface area contributed by atoms with E-state index in [0.717, 1.165) is 13.2 Å². The first-order valence-corrected chi connectivity index (χ1v) is 4.59. The van der Waals surface area contributed by atoms with Crippen LogP contribution in [0.5, 0.6) is 0 Å². The fourth-order valence-corrected chi connectivity index (χ4v) is 0.204. The number of hydrogen-bond donors (Lipinski definition) is 2. The van der Waals surface area contributed by atoms with E-state index in [-0.39, 0.29) is 19.6 Å². The molecule has 0 heterocycles. The monoisotopic (exact) mass is 209 g/mol. The second kappa shape index (κ2) is 22.8. The third-order valence-corrected chi connectivity index (χ3v) is 0.797. The number of carbonyl (C=O) groups is 1. The second-order valence-corrected chi connectivity index (χ2v) is 1.95. The maximum Gasteiger partial charge on any atom is 0.0662 e. The van der Waals surface area contributed by atoms with E-state index in [1.165, 1.54) is 6.92 Å². The summed E-state index contributed by atoms with van der Waals surface area (Å²) >= 11 is 0. The number of carbonyl (C=O) groups excluding carboxylic acids is 1. The van der Waals surface area contributed by atoms with Crippen LogP contribution in [0.15, 0.2) is 0 Å². The highest BCUT2D eigenvalue weighted by atomic mass is 16.5. The van der Waals surface area contributed by atoms with Crippen molar-refractivity contribution in [3.8, 4) is 0 Å². The summed E-state index contributed by atoms with van der Waals surface area (Å²) in [6.45, 7) is 6.95. The Morgan fingerprint density at radius 3 is 1.43 bits per heavy atom. The van der Waals surface area contributed by atoms with Crippen LogP contribution in [0.3, 0.4) is 0 Å². The summed E-state index contributed by atoms with van der Waals surface area (Å²) in [6, 6.07) is 0. The molecule has 5 heteroatoms. The van der Waals surface area contributed by atoms with Gasteiger partial charge in [-0.05, 0) is 20.3 Å². The van der Waals surface area contributed by atoms with Gasteiger partial charge in [-0.1, -0.05) is 6.92 Å². The molecule has 0 amide bonds. The first-order valence-electron chi connectivity index (χ1n) is 4.59. The molecular weight excluding hydrogens is 188 g/mol. The molecule has 14 heavy (non-hydrogen) atoms. The Kier molecular flexibility index (Phi) is 31.0. The molecule has 88 valence electrons. The molecule has 0 aliphatic rings. The smallest absolute Gasteiger partial charge is 0.0662 e. The van der Waals surface area contributed by atoms with E-state index < -0.39 is 5.97 Å². The van der Waals surface area contributed by atoms with Gasteiger partial charge >= 0.3 is 0 Å². The molecule has 0 fully saturated rings. The van der Waals surface area contributed by atoms with E-state index in [0.29, 0.717) is 0 Å². The second-order valence-electron chi connectivity index (χ2n) is 1.95. The zero-order valence-corrected chi connectivity index (χ0v) is 9.15. The summed E-state index contributed by atoms with van der Waals surface area (Å²) in [7, 11) is 0. The quantitative estimate of drug-likeness (QED) is 0.630. The molecule has 0 radical (unpaired) electrons. The zero-order valence-electron chi connectivity index (χ0n) is 9.15. The van der Waals surface area contributed by atoms with Gasteiger partial charge in [0.05, 0.1) is 13.2 Å². The highest BCUT2D eigenvalue weighted by Gasteiger charge is 1.65. The highest BCUT2D eigenvalue weighted by molar-refractivity contribution is 5.63. The highest BCUT2D eigenvalue weighted by Crippen LogP contribution is 1.64. The number of aliphatic hydroxyl groups excluding tert-OH is 2. The molecule has 0 saturated carbocycles. The van der Waals surface area contributed by atoms with Gasteiger partial charge in [-0.3, -0.25) is 0 Å². The lowest BCUT2D eigenvalue weighted by molar-refractivity contribution is -0.305. The molecule has 0 spiro atoms. The third kappa shape index (κ3) is 64.3. The molecule has 0 bridgehead atoms. The minimum absolute atomic E-state index is 0.111. The van der Waals surface area contributed by atoms with Crippen molar-refractivity contribution in [2.75, 3.05) is 26.4 Å². The Balaban J connectivity index is -0.000000131. The van der Waals surface area contributed by atoms with E-state index in [1.54, 1.807) is 0 Å². The molecular formula is C9H21O5-. The Hall–Kier alpha value is -0.650. The van der Waals surface area contributed by atoms with Gasteiger partial charge in [-0.2, -0.15) is 0 Å². The molecule has 0 unspecified atom stereocenters. The number of ether oxygens (including phenoxy) is 1. The molecule has 0 aromatic carbocycles. The zero-order chi connectivity index (χ0) is 11.8. The predicted octanol–water partition coefficient (Wildman–Crippen LogP) is -0.840. The van der Waals surface area contributed by atoms with E-state index >= 15 is 0 Å². The molecule has 0 aromatic heterocycles. The molecule has 0 rings (SSSR count). The van der Waals surface area contributed by atoms with Crippen molar-refractivity contribution in [1.82, 2.24) is 0 Å². The van der Waals surface area contributed by atoms with Gasteiger partial charge in [0.1, 0.15) is 0 Å². The predicted molar refractivity (Wildman–Crippen MR) is 51.6 cm³/mol. The average molecular weight is 209 g/mol. The van der Waals surface area contributed by atoms with Crippen molar-refractivity contribution in [2.24, 2.45) is 0 Å². The minimum atomic E-state index is -0.995. The number of aliphatic carboxylic acids is 1. The maximum absolute atomic E-state index is 9.26. The van der Waals surface area contributed by atoms with Crippen LogP contribution in [-0.2, 0) is 9.53 Å². The topological polar surface area (TPSA) is 89.8 Å². The van der Waals surface area contributed by atoms with Crippen molar-refractivity contribution in [1.29, 1.82) is 0 Å². The first kappa shape index (κ1) is 19.0. The molecule has 0 aliphatic heterocycles. The van der Waals surface area contributed by atoms with Crippen molar-refractivity contribution < 1.29 is 24.9 Å². The third-order valence-electron chi connectivity index (χ3n) is 0.797. The van der Waals surface area contributed by atoms with E-state index in [1.807, 2.05) is 13.8 Å². The van der Waals surface area contributed by atoms with Crippen molar-refractivity contribution in [3.05, 3.63) is 0 Å². The number of hydrogen-bond acceptors (Lipinski definition) is 5. The summed E-state index contributed by atoms with van der Waals surface area (Å²) in [5.41, 5.74) is 0. The largest absolute Gasteiger partial charge is 0.550 e. The molecule has 0 atom stereocenters. The standard InChI is InChI=1S/C4H10O.C3H6O2.C2H6O2/c1-3-5-4-2;1-2-3(4)5;3-1-2-4/h3-4H2,1-2H3;2H2,1H3,(H,4,5);3-4H,1-2H2/p-1. The van der Waals surface area contributed by atoms with Crippen molar-refractivity contribution >= 4 is 5.97 Å². The van der Waals surface area contributed by atoms with Crippen LogP contribution in [0, 0.1) is 0 Å². The van der Waals surface area contributed by atoms with Crippen LogP contribution in [-0.4, -0.2) is 42.6 Å². The SMILES string of the molecule is CCC(=O)[O-].CCOCC.OCCO. The minimum Gasteiger partial charge on any atom is -0.550 e. The Bertz CT molecular complexity index is 91.2. The van der Waals surface area contributed by atoms with Gasteiger partial charge < -0.3 is 24.9 Å². The van der Waals surface area contributed by atoms with Gasteiger partial charge in [0.25, 0.3) is 0 Å². The van der Waals surface area contributed by atoms with Gasteiger partial charge in [0.15, 0.2) is 0 Å². The molecule has 0 aliphatic carbocycles. The fraction of sp³-hybridized carbons (Fsp3) is 0.889. The number of rotatable bonds is 4. The lowest BCUT2D eigenvalue weighted by Crippen LogP contribution is -2.19. The lowest BCUT2D eigenvalue weighted by Gasteiger charge is -1.87. The van der Waals surface area contributed by atoms with Gasteiger partial charge in [0, 0.05) is 19.2 Å². The van der Waals surface area contributed by atoms with Crippen molar-refractivity contribution in [3.63, 3.8) is 0 Å². The summed E-state index contributed by atoms with van der Waals surface area (Å²) in [5, 5.41) is 24.5. The lowest BCUT2D eigenvalue weighted by atomic mass is 10.5. The number of carboxylic acids is 1. The van der Waals surface area contributed by atoms with Crippen LogP contribution in [0.4, 0.5) is 0 Å². The van der Waals surface area contributed by atoms with Gasteiger partial charge in [-0.25, -0.2) is 0 Å². The maximum atomic E-state index is 9.26. The van der Waals surface area contributed by atoms with E-state index in [9.17, 15) is 9.90 Å². The van der Waals surface area contributed by atoms with E-state index in [2.05, 4.69) is 0 Å². The summed E-state index contributed by atoms with van der Waals surface area (Å²) < 4.78 is 4.83. The van der Waals surface area contributed by atoms with Crippen LogP contribution in [0.2, 0.25) is 0 Å². The summed E-state index contributed by atoms with van der Waals surface area (Å²) in [4.78, 5) is 9.26. The normalized spacial score (nSPS) is 7.79. The van der Waals surface area contributed by atoms with Crippen LogP contribution in [0.1, 0.15) is 27.2 Å². The number of aliphatic hydroxyl groups is 2. The number of carboxylic acid groups (broad SMARTS) is 1. The average Bonchev–Trinajstić information content (AvgIpc) is 2.20. The van der Waals surface area contributed by atoms with Crippen LogP contribution in [0.25, 0.3) is 0 Å². The Morgan fingerprint density at radius 2 is 1.43 bits per heavy atom.